The Kier molecular flexibility index (Phi) is 6.56. The van der Waals surface area contributed by atoms with Crippen LogP contribution in [0.3, 0.4) is 0 Å². The molecule has 0 spiro atoms. The van der Waals surface area contributed by atoms with E-state index in [9.17, 15) is 0 Å². The van der Waals surface area contributed by atoms with Crippen molar-refractivity contribution in [3.05, 3.63) is 35.0 Å². The molecule has 2 rings (SSSR count). The minimum atomic E-state index is -0.0576. The van der Waals surface area contributed by atoms with Gasteiger partial charge in [0.1, 0.15) is 0 Å². The van der Waals surface area contributed by atoms with Crippen LogP contribution in [-0.4, -0.2) is 16.8 Å². The normalized spacial score (nSPS) is 35.5. The van der Waals surface area contributed by atoms with E-state index >= 15 is 0 Å². The molecule has 0 fully saturated rings. The van der Waals surface area contributed by atoms with Crippen LogP contribution in [0.4, 0.5) is 0 Å². The first-order chi connectivity index (χ1) is 10.7. The van der Waals surface area contributed by atoms with Crippen molar-refractivity contribution < 1.29 is 0 Å². The van der Waals surface area contributed by atoms with Gasteiger partial charge in [0.05, 0.1) is 5.38 Å². The molecule has 0 heterocycles. The SMILES string of the molecule is CC(NC1=C[C@H](C(C)[C@H](C)[C@H](C)Cl)C1C)C1C=CC(Cl)=CC1Cl. The molecule has 0 saturated heterocycles. The van der Waals surface area contributed by atoms with Crippen LogP contribution in [0.15, 0.2) is 35.0 Å². The van der Waals surface area contributed by atoms with Gasteiger partial charge in [0.2, 0.25) is 0 Å². The molecule has 0 aromatic heterocycles. The Bertz CT molecular complexity index is 509. The van der Waals surface area contributed by atoms with E-state index in [1.165, 1.54) is 5.70 Å². The molecule has 5 unspecified atom stereocenters. The Morgan fingerprint density at radius 1 is 1.09 bits per heavy atom. The summed E-state index contributed by atoms with van der Waals surface area (Å²) in [5.74, 6) is 2.51. The fourth-order valence-electron chi connectivity index (χ4n) is 3.58. The fourth-order valence-corrected chi connectivity index (χ4v) is 4.52. The predicted octanol–water partition coefficient (Wildman–Crippen LogP) is 5.93. The summed E-state index contributed by atoms with van der Waals surface area (Å²) in [6.45, 7) is 11.1. The molecule has 8 atom stereocenters. The second kappa shape index (κ2) is 7.85. The van der Waals surface area contributed by atoms with E-state index < -0.39 is 0 Å². The van der Waals surface area contributed by atoms with Gasteiger partial charge < -0.3 is 5.32 Å². The van der Waals surface area contributed by atoms with Crippen molar-refractivity contribution in [2.75, 3.05) is 0 Å². The second-order valence-corrected chi connectivity index (χ2v) is 8.88. The minimum absolute atomic E-state index is 0.0576. The van der Waals surface area contributed by atoms with Crippen LogP contribution in [0.1, 0.15) is 34.6 Å². The van der Waals surface area contributed by atoms with Crippen molar-refractivity contribution in [2.24, 2.45) is 29.6 Å². The van der Waals surface area contributed by atoms with Crippen molar-refractivity contribution in [3.63, 3.8) is 0 Å². The first kappa shape index (κ1) is 19.2. The maximum Gasteiger partial charge on any atom is 0.0615 e. The minimum Gasteiger partial charge on any atom is -0.385 e. The number of hydrogen-bond donors (Lipinski definition) is 1. The van der Waals surface area contributed by atoms with Gasteiger partial charge in [-0.25, -0.2) is 0 Å². The molecule has 0 aliphatic heterocycles. The lowest BCUT2D eigenvalue weighted by Crippen LogP contribution is -2.44. The zero-order valence-corrected chi connectivity index (χ0v) is 16.8. The molecular weight excluding hydrogens is 349 g/mol. The number of hydrogen-bond acceptors (Lipinski definition) is 1. The first-order valence-electron chi connectivity index (χ1n) is 8.54. The van der Waals surface area contributed by atoms with Gasteiger partial charge >= 0.3 is 0 Å². The maximum atomic E-state index is 6.42. The maximum absolute atomic E-state index is 6.42. The summed E-state index contributed by atoms with van der Waals surface area (Å²) in [6, 6.07) is 0.282. The molecule has 4 heteroatoms. The zero-order chi connectivity index (χ0) is 17.3. The third kappa shape index (κ3) is 4.30. The van der Waals surface area contributed by atoms with Crippen LogP contribution >= 0.6 is 34.8 Å². The van der Waals surface area contributed by atoms with E-state index in [1.54, 1.807) is 0 Å². The zero-order valence-electron chi connectivity index (χ0n) is 14.6. The topological polar surface area (TPSA) is 12.0 Å². The highest BCUT2D eigenvalue weighted by molar-refractivity contribution is 6.32. The van der Waals surface area contributed by atoms with Crippen molar-refractivity contribution >= 4 is 34.8 Å². The Balaban J connectivity index is 1.95. The van der Waals surface area contributed by atoms with E-state index in [1.807, 2.05) is 12.2 Å². The average Bonchev–Trinajstić information content (AvgIpc) is 2.48. The van der Waals surface area contributed by atoms with Crippen LogP contribution in [-0.2, 0) is 0 Å². The monoisotopic (exact) mass is 375 g/mol. The summed E-state index contributed by atoms with van der Waals surface area (Å²) in [7, 11) is 0. The highest BCUT2D eigenvalue weighted by Crippen LogP contribution is 2.42. The van der Waals surface area contributed by atoms with Crippen LogP contribution in [0.2, 0.25) is 0 Å². The summed E-state index contributed by atoms with van der Waals surface area (Å²) in [5.41, 5.74) is 1.33. The Morgan fingerprint density at radius 3 is 2.26 bits per heavy atom. The lowest BCUT2D eigenvalue weighted by atomic mass is 9.68. The number of allylic oxidation sites excluding steroid dienone is 5. The summed E-state index contributed by atoms with van der Waals surface area (Å²) >= 11 is 18.7. The van der Waals surface area contributed by atoms with E-state index in [-0.39, 0.29) is 22.7 Å². The summed E-state index contributed by atoms with van der Waals surface area (Å²) in [4.78, 5) is 0. The van der Waals surface area contributed by atoms with Gasteiger partial charge in [-0.2, -0.15) is 0 Å². The van der Waals surface area contributed by atoms with E-state index in [2.05, 4.69) is 52.1 Å². The van der Waals surface area contributed by atoms with Gasteiger partial charge in [0.15, 0.2) is 0 Å². The first-order valence-corrected chi connectivity index (χ1v) is 9.79. The Morgan fingerprint density at radius 2 is 1.74 bits per heavy atom. The molecule has 1 N–H and O–H groups in total. The number of halogens is 3. The molecule has 1 nitrogen and oxygen atoms in total. The second-order valence-electron chi connectivity index (χ2n) is 7.25. The summed E-state index contributed by atoms with van der Waals surface area (Å²) < 4.78 is 0. The van der Waals surface area contributed by atoms with E-state index in [4.69, 9.17) is 34.8 Å². The molecule has 0 bridgehead atoms. The van der Waals surface area contributed by atoms with Gasteiger partial charge in [-0.15, -0.1) is 23.2 Å². The lowest BCUT2D eigenvalue weighted by Gasteiger charge is -2.43. The number of rotatable bonds is 6. The molecule has 2 aliphatic rings. The van der Waals surface area contributed by atoms with E-state index in [0.717, 1.165) is 5.03 Å². The quantitative estimate of drug-likeness (QED) is 0.566. The lowest BCUT2D eigenvalue weighted by molar-refractivity contribution is 0.216. The van der Waals surface area contributed by atoms with Gasteiger partial charge in [0, 0.05) is 34.0 Å². The molecule has 0 saturated carbocycles. The molecule has 0 aromatic rings. The third-order valence-electron chi connectivity index (χ3n) is 5.74. The van der Waals surface area contributed by atoms with Crippen LogP contribution < -0.4 is 5.32 Å². The molecule has 23 heavy (non-hydrogen) atoms. The molecule has 2 aliphatic carbocycles. The van der Waals surface area contributed by atoms with Gasteiger partial charge in [-0.05, 0) is 43.8 Å². The highest BCUT2D eigenvalue weighted by atomic mass is 35.5. The van der Waals surface area contributed by atoms with Crippen molar-refractivity contribution in [1.82, 2.24) is 5.32 Å². The van der Waals surface area contributed by atoms with Crippen LogP contribution in [0, 0.1) is 29.6 Å². The number of nitrogens with one attached hydrogen (secondary N) is 1. The number of alkyl halides is 2. The van der Waals surface area contributed by atoms with Crippen molar-refractivity contribution in [3.8, 4) is 0 Å². The average molecular weight is 377 g/mol. The van der Waals surface area contributed by atoms with Gasteiger partial charge in [-0.1, -0.05) is 44.5 Å². The molecule has 0 aromatic carbocycles. The predicted molar refractivity (Wildman–Crippen MR) is 103 cm³/mol. The largest absolute Gasteiger partial charge is 0.385 e. The summed E-state index contributed by atoms with van der Waals surface area (Å²) in [6.07, 6.45) is 8.34. The fraction of sp³-hybridized carbons (Fsp3) is 0.684. The molecular formula is C19H28Cl3N. The van der Waals surface area contributed by atoms with Crippen LogP contribution in [0.25, 0.3) is 0 Å². The van der Waals surface area contributed by atoms with Crippen molar-refractivity contribution in [2.45, 2.75) is 51.4 Å². The van der Waals surface area contributed by atoms with Gasteiger partial charge in [-0.3, -0.25) is 0 Å². The van der Waals surface area contributed by atoms with Crippen LogP contribution in [0.5, 0.6) is 0 Å². The van der Waals surface area contributed by atoms with Gasteiger partial charge in [0.25, 0.3) is 0 Å². The summed E-state index contributed by atoms with van der Waals surface area (Å²) in [5, 5.41) is 4.53. The Labute approximate surface area is 156 Å². The smallest absolute Gasteiger partial charge is 0.0615 e. The molecule has 130 valence electrons. The third-order valence-corrected chi connectivity index (χ3v) is 6.80. The highest BCUT2D eigenvalue weighted by Gasteiger charge is 2.37. The van der Waals surface area contributed by atoms with Crippen molar-refractivity contribution in [1.29, 1.82) is 0 Å². The molecule has 0 radical (unpaired) electrons. The molecule has 0 amide bonds. The standard InChI is InChI=1S/C19H28Cl3N/c1-10(13(4)20)11(2)17-9-19(12(17)3)23-14(5)16-7-6-15(21)8-18(16)22/h6-14,16-18,23H,1-5H3/t10-,11?,12?,13-,14?,16?,17+,18?/m0/s1. The van der Waals surface area contributed by atoms with E-state index in [0.29, 0.717) is 23.7 Å². The Hall–Kier alpha value is -0.110.